The van der Waals surface area contributed by atoms with Gasteiger partial charge in [0.05, 0.1) is 11.7 Å². The van der Waals surface area contributed by atoms with E-state index in [1.165, 1.54) is 0 Å². The molecule has 5 heteroatoms. The Morgan fingerprint density at radius 2 is 2.29 bits per heavy atom. The van der Waals surface area contributed by atoms with E-state index in [-0.39, 0.29) is 5.91 Å². The first-order valence-electron chi connectivity index (χ1n) is 4.80. The van der Waals surface area contributed by atoms with Gasteiger partial charge in [-0.15, -0.1) is 0 Å². The summed E-state index contributed by atoms with van der Waals surface area (Å²) in [6, 6.07) is 1.70. The molecule has 0 spiro atoms. The summed E-state index contributed by atoms with van der Waals surface area (Å²) >= 11 is 0. The number of nitrogens with zero attached hydrogens (tertiary/aromatic N) is 1. The van der Waals surface area contributed by atoms with Gasteiger partial charge in [-0.2, -0.15) is 5.10 Å². The molecule has 5 nitrogen and oxygen atoms in total. The van der Waals surface area contributed by atoms with Crippen LogP contribution in [0.4, 0.5) is 5.82 Å². The topological polar surface area (TPSA) is 83.8 Å². The largest absolute Gasteiger partial charge is 0.317 e. The molecule has 0 saturated heterocycles. The third-order valence-corrected chi connectivity index (χ3v) is 2.70. The highest BCUT2D eigenvalue weighted by Crippen LogP contribution is 2.28. The van der Waals surface area contributed by atoms with Crippen molar-refractivity contribution in [3.63, 3.8) is 0 Å². The van der Waals surface area contributed by atoms with Gasteiger partial charge in [-0.25, -0.2) is 0 Å². The molecule has 0 radical (unpaired) electrons. The maximum atomic E-state index is 11.8. The predicted molar refractivity (Wildman–Crippen MR) is 52.6 cm³/mol. The highest BCUT2D eigenvalue weighted by molar-refractivity contribution is 5.97. The van der Waals surface area contributed by atoms with E-state index in [0.717, 1.165) is 25.7 Å². The van der Waals surface area contributed by atoms with Crippen LogP contribution >= 0.6 is 0 Å². The maximum absolute atomic E-state index is 11.8. The van der Waals surface area contributed by atoms with Crippen LogP contribution in [0.5, 0.6) is 0 Å². The zero-order valence-corrected chi connectivity index (χ0v) is 7.92. The lowest BCUT2D eigenvalue weighted by Gasteiger charge is -2.21. The summed E-state index contributed by atoms with van der Waals surface area (Å²) in [5.74, 6) is 0.492. The summed E-state index contributed by atoms with van der Waals surface area (Å²) in [6.07, 6.45) is 5.20. The van der Waals surface area contributed by atoms with E-state index in [1.807, 2.05) is 0 Å². The van der Waals surface area contributed by atoms with Gasteiger partial charge in [-0.05, 0) is 12.8 Å². The number of amides is 1. The van der Waals surface area contributed by atoms with Gasteiger partial charge in [-0.1, -0.05) is 12.8 Å². The molecule has 76 valence electrons. The molecule has 4 N–H and O–H groups in total. The van der Waals surface area contributed by atoms with Crippen LogP contribution in [0.25, 0.3) is 0 Å². The normalized spacial score (nSPS) is 19.5. The van der Waals surface area contributed by atoms with Crippen LogP contribution in [-0.2, 0) is 4.79 Å². The molecular formula is C9H14N4O. The molecule has 1 heterocycles. The lowest BCUT2D eigenvalue weighted by Crippen LogP contribution is -2.48. The van der Waals surface area contributed by atoms with Gasteiger partial charge >= 0.3 is 0 Å². The van der Waals surface area contributed by atoms with Crippen LogP contribution in [0, 0.1) is 0 Å². The van der Waals surface area contributed by atoms with Crippen molar-refractivity contribution in [2.75, 3.05) is 5.32 Å². The van der Waals surface area contributed by atoms with E-state index >= 15 is 0 Å². The van der Waals surface area contributed by atoms with Gasteiger partial charge in [0.15, 0.2) is 0 Å². The number of nitrogens with one attached hydrogen (secondary N) is 2. The van der Waals surface area contributed by atoms with E-state index in [9.17, 15) is 4.79 Å². The molecule has 1 saturated carbocycles. The van der Waals surface area contributed by atoms with Gasteiger partial charge in [0.25, 0.3) is 0 Å². The van der Waals surface area contributed by atoms with Gasteiger partial charge in [0.2, 0.25) is 5.91 Å². The molecule has 0 bridgehead atoms. The standard InChI is InChI=1S/C9H14N4O/c10-9(4-1-2-5-9)8(14)12-7-3-6-11-13-7/h3,6H,1-2,4-5,10H2,(H2,11,12,13,14). The van der Waals surface area contributed by atoms with Crippen molar-refractivity contribution in [2.24, 2.45) is 5.73 Å². The van der Waals surface area contributed by atoms with E-state index in [2.05, 4.69) is 15.5 Å². The molecule has 0 aromatic carbocycles. The Morgan fingerprint density at radius 3 is 2.86 bits per heavy atom. The number of aromatic nitrogens is 2. The first-order valence-corrected chi connectivity index (χ1v) is 4.80. The minimum Gasteiger partial charge on any atom is -0.317 e. The second-order valence-electron chi connectivity index (χ2n) is 3.79. The Hall–Kier alpha value is -1.36. The number of hydrogen-bond acceptors (Lipinski definition) is 3. The fourth-order valence-corrected chi connectivity index (χ4v) is 1.81. The summed E-state index contributed by atoms with van der Waals surface area (Å²) in [4.78, 5) is 11.8. The Balaban J connectivity index is 2.02. The Morgan fingerprint density at radius 1 is 1.57 bits per heavy atom. The van der Waals surface area contributed by atoms with Gasteiger partial charge < -0.3 is 11.1 Å². The molecule has 2 rings (SSSR count). The maximum Gasteiger partial charge on any atom is 0.245 e. The quantitative estimate of drug-likeness (QED) is 0.645. The predicted octanol–water partition coefficient (Wildman–Crippen LogP) is 0.620. The number of aromatic amines is 1. The first-order chi connectivity index (χ1) is 6.71. The summed E-state index contributed by atoms with van der Waals surface area (Å²) in [5.41, 5.74) is 5.30. The Bertz CT molecular complexity index is 314. The van der Waals surface area contributed by atoms with Gasteiger partial charge in [0.1, 0.15) is 5.82 Å². The lowest BCUT2D eigenvalue weighted by atomic mass is 9.98. The van der Waals surface area contributed by atoms with Crippen LogP contribution in [0.2, 0.25) is 0 Å². The smallest absolute Gasteiger partial charge is 0.245 e. The van der Waals surface area contributed by atoms with Crippen LogP contribution in [0.1, 0.15) is 25.7 Å². The molecule has 1 amide bonds. The molecular weight excluding hydrogens is 180 g/mol. The minimum atomic E-state index is -0.675. The number of carbonyl (C=O) groups is 1. The highest BCUT2D eigenvalue weighted by atomic mass is 16.2. The van der Waals surface area contributed by atoms with Crippen LogP contribution in [0.3, 0.4) is 0 Å². The van der Waals surface area contributed by atoms with Crippen molar-refractivity contribution in [3.05, 3.63) is 12.3 Å². The number of rotatable bonds is 2. The summed E-state index contributed by atoms with van der Waals surface area (Å²) in [5, 5.41) is 9.14. The van der Waals surface area contributed by atoms with Crippen molar-refractivity contribution in [3.8, 4) is 0 Å². The second-order valence-corrected chi connectivity index (χ2v) is 3.79. The molecule has 0 aliphatic heterocycles. The Kier molecular flexibility index (Phi) is 2.25. The minimum absolute atomic E-state index is 0.112. The van der Waals surface area contributed by atoms with E-state index in [0.29, 0.717) is 5.82 Å². The number of anilines is 1. The highest BCUT2D eigenvalue weighted by Gasteiger charge is 2.37. The fourth-order valence-electron chi connectivity index (χ4n) is 1.81. The van der Waals surface area contributed by atoms with E-state index < -0.39 is 5.54 Å². The average Bonchev–Trinajstić information content (AvgIpc) is 2.76. The average molecular weight is 194 g/mol. The molecule has 0 atom stereocenters. The summed E-state index contributed by atoms with van der Waals surface area (Å²) in [6.45, 7) is 0. The molecule has 1 aromatic rings. The zero-order valence-electron chi connectivity index (χ0n) is 7.92. The molecule has 1 fully saturated rings. The van der Waals surface area contributed by atoms with E-state index in [1.54, 1.807) is 12.3 Å². The van der Waals surface area contributed by atoms with Crippen molar-refractivity contribution >= 4 is 11.7 Å². The van der Waals surface area contributed by atoms with Crippen LogP contribution in [0.15, 0.2) is 12.3 Å². The second kappa shape index (κ2) is 3.42. The molecule has 1 aliphatic carbocycles. The van der Waals surface area contributed by atoms with Crippen molar-refractivity contribution in [1.29, 1.82) is 0 Å². The summed E-state index contributed by atoms with van der Waals surface area (Å²) in [7, 11) is 0. The van der Waals surface area contributed by atoms with Crippen molar-refractivity contribution in [2.45, 2.75) is 31.2 Å². The molecule has 0 unspecified atom stereocenters. The molecule has 1 aliphatic rings. The zero-order chi connectivity index (χ0) is 10.0. The molecule has 14 heavy (non-hydrogen) atoms. The monoisotopic (exact) mass is 194 g/mol. The summed E-state index contributed by atoms with van der Waals surface area (Å²) < 4.78 is 0. The molecule has 1 aromatic heterocycles. The van der Waals surface area contributed by atoms with Gasteiger partial charge in [-0.3, -0.25) is 9.89 Å². The van der Waals surface area contributed by atoms with Crippen molar-refractivity contribution < 1.29 is 4.79 Å². The van der Waals surface area contributed by atoms with Crippen LogP contribution < -0.4 is 11.1 Å². The first kappa shape index (κ1) is 9.21. The number of carbonyl (C=O) groups excluding carboxylic acids is 1. The van der Waals surface area contributed by atoms with E-state index in [4.69, 9.17) is 5.73 Å². The van der Waals surface area contributed by atoms with Crippen molar-refractivity contribution in [1.82, 2.24) is 10.2 Å². The van der Waals surface area contributed by atoms with Gasteiger partial charge in [0, 0.05) is 6.07 Å². The fraction of sp³-hybridized carbons (Fsp3) is 0.556. The lowest BCUT2D eigenvalue weighted by molar-refractivity contribution is -0.121. The van der Waals surface area contributed by atoms with Crippen LogP contribution in [-0.4, -0.2) is 21.6 Å². The number of hydrogen-bond donors (Lipinski definition) is 3. The Labute approximate surface area is 82.1 Å². The third kappa shape index (κ3) is 1.63. The number of H-pyrrole nitrogens is 1. The SMILES string of the molecule is NC1(C(=O)Nc2ccn[nH]2)CCCC1. The number of nitrogens with two attached hydrogens (primary N) is 1. The third-order valence-electron chi connectivity index (χ3n) is 2.70.